The van der Waals surface area contributed by atoms with Crippen molar-refractivity contribution in [2.45, 2.75) is 0 Å². The molecule has 0 fully saturated rings. The van der Waals surface area contributed by atoms with Gasteiger partial charge in [0.15, 0.2) is 10.3 Å². The van der Waals surface area contributed by atoms with E-state index in [1.807, 2.05) is 0 Å². The quantitative estimate of drug-likeness (QED) is 0.303. The van der Waals surface area contributed by atoms with Crippen LogP contribution in [0.15, 0.2) is 14.2 Å². The zero-order valence-corrected chi connectivity index (χ0v) is 11.1. The summed E-state index contributed by atoms with van der Waals surface area (Å²) in [5.74, 6) is -5.56. The summed E-state index contributed by atoms with van der Waals surface area (Å²) in [6.07, 6.45) is 0. The van der Waals surface area contributed by atoms with Gasteiger partial charge in [-0.2, -0.15) is 4.52 Å². The molecule has 2 rings (SSSR count). The second-order valence-electron chi connectivity index (χ2n) is 3.72. The van der Waals surface area contributed by atoms with Crippen LogP contribution in [-0.4, -0.2) is 34.9 Å². The van der Waals surface area contributed by atoms with Crippen LogP contribution in [0.25, 0.3) is 0 Å². The molecule has 19 heteroatoms. The first kappa shape index (κ1) is 16.8. The van der Waals surface area contributed by atoms with Gasteiger partial charge in [-0.15, -0.1) is 0 Å². The molecule has 0 unspecified atom stereocenters. The number of hydrogen-bond acceptors (Lipinski definition) is 14. The maximum atomic E-state index is 11.7. The summed E-state index contributed by atoms with van der Waals surface area (Å²) in [5, 5.41) is 62.7. The minimum atomic E-state index is -1.50. The molecular formula is C6N8O11. The van der Waals surface area contributed by atoms with Gasteiger partial charge in [0.25, 0.3) is 0 Å². The van der Waals surface area contributed by atoms with Gasteiger partial charge in [0.2, 0.25) is 0 Å². The van der Waals surface area contributed by atoms with Crippen molar-refractivity contribution >= 4 is 34.8 Å². The third-order valence-electron chi connectivity index (χ3n) is 2.33. The Morgan fingerprint density at radius 1 is 0.720 bits per heavy atom. The maximum Gasteiger partial charge on any atom is 0.542 e. The zero-order valence-electron chi connectivity index (χ0n) is 11.1. The summed E-state index contributed by atoms with van der Waals surface area (Å²) < 4.78 is 8.29. The summed E-state index contributed by atoms with van der Waals surface area (Å²) >= 11 is 0. The fourth-order valence-corrected chi connectivity index (χ4v) is 1.42. The molecule has 0 atom stereocenters. The predicted octanol–water partition coefficient (Wildman–Crippen LogP) is 1.22. The maximum absolute atomic E-state index is 11.7. The SMILES string of the molecule is O=[N+]([O-])c1noc(/N=[N+](\[O-])c2onc([N+](=O)[O-])c2[N+](=O)[O-])c1[N+](=O)[O-]. The molecule has 2 aromatic heterocycles. The molecule has 19 nitrogen and oxygen atoms in total. The van der Waals surface area contributed by atoms with Crippen molar-refractivity contribution in [1.82, 2.24) is 10.3 Å². The average Bonchev–Trinajstić information content (AvgIpc) is 3.10. The van der Waals surface area contributed by atoms with E-state index in [1.54, 1.807) is 0 Å². The van der Waals surface area contributed by atoms with E-state index in [4.69, 9.17) is 0 Å². The van der Waals surface area contributed by atoms with E-state index < -0.39 is 59.3 Å². The zero-order chi connectivity index (χ0) is 18.9. The van der Waals surface area contributed by atoms with Gasteiger partial charge in [0.05, 0.1) is 15.0 Å². The van der Waals surface area contributed by atoms with Crippen LogP contribution < -0.4 is 0 Å². The van der Waals surface area contributed by atoms with Crippen LogP contribution in [0.3, 0.4) is 0 Å². The van der Waals surface area contributed by atoms with Gasteiger partial charge in [0, 0.05) is 0 Å². The molecule has 0 radical (unpaired) electrons. The van der Waals surface area contributed by atoms with E-state index in [2.05, 4.69) is 24.5 Å². The highest BCUT2D eigenvalue weighted by molar-refractivity contribution is 5.60. The molecule has 0 aliphatic carbocycles. The predicted molar refractivity (Wildman–Crippen MR) is 65.0 cm³/mol. The number of rotatable bonds is 6. The summed E-state index contributed by atoms with van der Waals surface area (Å²) in [6.45, 7) is 0. The van der Waals surface area contributed by atoms with Crippen molar-refractivity contribution < 1.29 is 33.6 Å². The number of nitrogens with zero attached hydrogens (tertiary/aromatic N) is 8. The average molecular weight is 360 g/mol. The van der Waals surface area contributed by atoms with Crippen LogP contribution in [0.1, 0.15) is 0 Å². The second kappa shape index (κ2) is 5.90. The van der Waals surface area contributed by atoms with Crippen LogP contribution in [0.4, 0.5) is 34.8 Å². The van der Waals surface area contributed by atoms with E-state index in [-0.39, 0.29) is 0 Å². The van der Waals surface area contributed by atoms with Gasteiger partial charge >= 0.3 is 34.8 Å². The molecule has 2 heterocycles. The fraction of sp³-hybridized carbons (Fsp3) is 0. The molecule has 0 aromatic carbocycles. The summed E-state index contributed by atoms with van der Waals surface area (Å²) in [6, 6.07) is 0. The van der Waals surface area contributed by atoms with Crippen LogP contribution in [0, 0.1) is 45.7 Å². The fourth-order valence-electron chi connectivity index (χ4n) is 1.42. The van der Waals surface area contributed by atoms with Gasteiger partial charge in [0.1, 0.15) is 0 Å². The van der Waals surface area contributed by atoms with Crippen molar-refractivity contribution in [3.05, 3.63) is 45.7 Å². The molecule has 0 spiro atoms. The molecule has 2 aromatic rings. The van der Waals surface area contributed by atoms with Crippen molar-refractivity contribution in [3.63, 3.8) is 0 Å². The number of nitro groups is 4. The summed E-state index contributed by atoms with van der Waals surface area (Å²) in [7, 11) is 0. The lowest BCUT2D eigenvalue weighted by atomic mass is 10.5. The van der Waals surface area contributed by atoms with E-state index in [0.717, 1.165) is 0 Å². The third kappa shape index (κ3) is 2.86. The standard InChI is InChI=1S/C6N8O11/c15-10(6-2(12(18)19)4(9-25-6)14(22)23)7-5-1(11(16)17)3(8-24-5)13(20)21/b10-7-. The Hall–Kier alpha value is -4.58. The van der Waals surface area contributed by atoms with Crippen molar-refractivity contribution in [2.24, 2.45) is 5.11 Å². The molecular weight excluding hydrogens is 360 g/mol. The molecule has 25 heavy (non-hydrogen) atoms. The lowest BCUT2D eigenvalue weighted by Crippen LogP contribution is -1.98. The van der Waals surface area contributed by atoms with Gasteiger partial charge < -0.3 is 25.4 Å². The van der Waals surface area contributed by atoms with Gasteiger partial charge in [-0.3, -0.25) is 20.2 Å². The lowest BCUT2D eigenvalue weighted by molar-refractivity contribution is -0.472. The monoisotopic (exact) mass is 360 g/mol. The lowest BCUT2D eigenvalue weighted by Gasteiger charge is -1.91. The second-order valence-corrected chi connectivity index (χ2v) is 3.72. The van der Waals surface area contributed by atoms with Crippen LogP contribution >= 0.6 is 0 Å². The van der Waals surface area contributed by atoms with Crippen LogP contribution in [-0.2, 0) is 0 Å². The summed E-state index contributed by atoms with van der Waals surface area (Å²) in [5.41, 5.74) is -2.93. The minimum absolute atomic E-state index is 0.810. The largest absolute Gasteiger partial charge is 0.591 e. The Bertz CT molecular complexity index is 939. The van der Waals surface area contributed by atoms with Crippen molar-refractivity contribution in [2.75, 3.05) is 0 Å². The number of azo groups is 1. The molecule has 0 bridgehead atoms. The van der Waals surface area contributed by atoms with Crippen molar-refractivity contribution in [3.8, 4) is 0 Å². The highest BCUT2D eigenvalue weighted by Crippen LogP contribution is 2.39. The Labute approximate surface area is 130 Å². The molecule has 0 aliphatic rings. The molecule has 0 aliphatic heterocycles. The Morgan fingerprint density at radius 3 is 1.68 bits per heavy atom. The molecule has 0 N–H and O–H groups in total. The van der Waals surface area contributed by atoms with Gasteiger partial charge in [-0.1, -0.05) is 0 Å². The topological polar surface area (TPSA) is 263 Å². The first-order valence-electron chi connectivity index (χ1n) is 5.41. The normalized spacial score (nSPS) is 11.3. The smallest absolute Gasteiger partial charge is 0.542 e. The first-order chi connectivity index (χ1) is 11.6. The number of aromatic nitrogens is 2. The first-order valence-corrected chi connectivity index (χ1v) is 5.41. The Morgan fingerprint density at radius 2 is 1.20 bits per heavy atom. The van der Waals surface area contributed by atoms with Crippen LogP contribution in [0.5, 0.6) is 0 Å². The minimum Gasteiger partial charge on any atom is -0.591 e. The molecule has 0 saturated carbocycles. The van der Waals surface area contributed by atoms with Gasteiger partial charge in [-0.25, -0.2) is 4.52 Å². The van der Waals surface area contributed by atoms with E-state index in [1.165, 1.54) is 0 Å². The summed E-state index contributed by atoms with van der Waals surface area (Å²) in [4.78, 5) is 36.5. The van der Waals surface area contributed by atoms with Crippen molar-refractivity contribution in [1.29, 1.82) is 0 Å². The third-order valence-corrected chi connectivity index (χ3v) is 2.33. The molecule has 0 amide bonds. The highest BCUT2D eigenvalue weighted by atomic mass is 16.7. The molecule has 0 saturated heterocycles. The Balaban J connectivity index is 2.61. The van der Waals surface area contributed by atoms with E-state index in [9.17, 15) is 45.7 Å². The Kier molecular flexibility index (Phi) is 3.96. The number of hydrogen-bond donors (Lipinski definition) is 0. The van der Waals surface area contributed by atoms with E-state index in [0.29, 0.717) is 0 Å². The molecule has 130 valence electrons. The van der Waals surface area contributed by atoms with Crippen LogP contribution in [0.2, 0.25) is 0 Å². The highest BCUT2D eigenvalue weighted by Gasteiger charge is 2.46. The van der Waals surface area contributed by atoms with Gasteiger partial charge in [-0.05, 0) is 14.7 Å². The van der Waals surface area contributed by atoms with E-state index >= 15 is 0 Å².